The van der Waals surface area contributed by atoms with Crippen molar-refractivity contribution in [3.8, 4) is 0 Å². The third kappa shape index (κ3) is 7.45. The van der Waals surface area contributed by atoms with Crippen LogP contribution in [0, 0.1) is 5.92 Å². The minimum atomic E-state index is -0.534. The quantitative estimate of drug-likeness (QED) is 0.273. The van der Waals surface area contributed by atoms with Crippen molar-refractivity contribution in [2.24, 2.45) is 5.92 Å². The summed E-state index contributed by atoms with van der Waals surface area (Å²) in [7, 11) is 0. The number of carbonyl (C=O) groups excluding carboxylic acids is 2. The Bertz CT molecular complexity index is 1450. The van der Waals surface area contributed by atoms with Crippen LogP contribution in [0.1, 0.15) is 49.7 Å². The number of hydroxylamine groups is 1. The number of fused-ring (bicyclic) bond motifs is 1. The predicted octanol–water partition coefficient (Wildman–Crippen LogP) is 6.27. The van der Waals surface area contributed by atoms with E-state index in [1.165, 1.54) is 0 Å². The summed E-state index contributed by atoms with van der Waals surface area (Å²) in [6.45, 7) is 9.06. The number of imidazole rings is 1. The molecule has 2 N–H and O–H groups in total. The number of benzene rings is 1. The van der Waals surface area contributed by atoms with Gasteiger partial charge >= 0.3 is 6.09 Å². The number of nitrogens with zero attached hydrogens (tertiary/aromatic N) is 4. The molecule has 1 saturated carbocycles. The molecule has 5 rings (SSSR count). The van der Waals surface area contributed by atoms with E-state index in [9.17, 15) is 9.59 Å². The molecule has 0 bridgehead atoms. The topological polar surface area (TPSA) is 100 Å². The SMILES string of the molecule is CC(C)(C)OC(=O)N1CCN(Cc2cnc3c(Cl)c(Nc4ccc(Br)cc4Cl)c(C(=O)NOCC4CC4)cn23)CC1. The number of piperazine rings is 1. The highest BCUT2D eigenvalue weighted by atomic mass is 79.9. The molecule has 1 saturated heterocycles. The molecule has 0 radical (unpaired) electrons. The molecule has 13 heteroatoms. The first-order valence-electron chi connectivity index (χ1n) is 13.5. The number of rotatable bonds is 8. The Balaban J connectivity index is 1.38. The Morgan fingerprint density at radius 3 is 2.54 bits per heavy atom. The number of carbonyl (C=O) groups is 2. The van der Waals surface area contributed by atoms with Crippen molar-refractivity contribution in [2.75, 3.05) is 38.1 Å². The fourth-order valence-electron chi connectivity index (χ4n) is 4.47. The van der Waals surface area contributed by atoms with Crippen molar-refractivity contribution in [3.63, 3.8) is 0 Å². The summed E-state index contributed by atoms with van der Waals surface area (Å²) in [4.78, 5) is 39.8. The van der Waals surface area contributed by atoms with Crippen LogP contribution in [0.5, 0.6) is 0 Å². The summed E-state index contributed by atoms with van der Waals surface area (Å²) < 4.78 is 8.16. The molecule has 1 aliphatic carbocycles. The lowest BCUT2D eigenvalue weighted by atomic mass is 10.2. The van der Waals surface area contributed by atoms with Crippen LogP contribution < -0.4 is 10.8 Å². The molecule has 10 nitrogen and oxygen atoms in total. The largest absolute Gasteiger partial charge is 0.444 e. The van der Waals surface area contributed by atoms with Crippen LogP contribution in [-0.4, -0.2) is 69.6 Å². The maximum atomic E-state index is 13.3. The van der Waals surface area contributed by atoms with E-state index in [1.807, 2.05) is 31.2 Å². The first kappa shape index (κ1) is 29.9. The number of hydrogen-bond donors (Lipinski definition) is 2. The lowest BCUT2D eigenvalue weighted by Crippen LogP contribution is -2.49. The lowest BCUT2D eigenvalue weighted by molar-refractivity contribution is 0.0138. The molecule has 2 amide bonds. The van der Waals surface area contributed by atoms with E-state index in [1.54, 1.807) is 29.4 Å². The molecule has 2 fully saturated rings. The summed E-state index contributed by atoms with van der Waals surface area (Å²) >= 11 is 16.8. The van der Waals surface area contributed by atoms with E-state index in [0.717, 1.165) is 23.0 Å². The van der Waals surface area contributed by atoms with Crippen molar-refractivity contribution in [1.82, 2.24) is 24.7 Å². The van der Waals surface area contributed by atoms with Crippen molar-refractivity contribution in [3.05, 3.63) is 56.4 Å². The summed E-state index contributed by atoms with van der Waals surface area (Å²) in [6.07, 6.45) is 5.37. The van der Waals surface area contributed by atoms with Crippen LogP contribution in [0.25, 0.3) is 5.65 Å². The number of ether oxygens (including phenoxy) is 1. The van der Waals surface area contributed by atoms with Gasteiger partial charge in [0.15, 0.2) is 5.65 Å². The Morgan fingerprint density at radius 1 is 1.15 bits per heavy atom. The molecule has 3 heterocycles. The first-order chi connectivity index (χ1) is 19.5. The predicted molar refractivity (Wildman–Crippen MR) is 162 cm³/mol. The smallest absolute Gasteiger partial charge is 0.410 e. The zero-order chi connectivity index (χ0) is 29.3. The van der Waals surface area contributed by atoms with Gasteiger partial charge in [-0.2, -0.15) is 0 Å². The van der Waals surface area contributed by atoms with Crippen LogP contribution in [0.4, 0.5) is 16.2 Å². The lowest BCUT2D eigenvalue weighted by Gasteiger charge is -2.35. The van der Waals surface area contributed by atoms with Gasteiger partial charge < -0.3 is 19.4 Å². The maximum absolute atomic E-state index is 13.3. The van der Waals surface area contributed by atoms with Gasteiger partial charge in [-0.25, -0.2) is 15.3 Å². The molecular weight excluding hydrogens is 635 g/mol. The third-order valence-corrected chi connectivity index (χ3v) is 8.01. The number of anilines is 2. The fourth-order valence-corrected chi connectivity index (χ4v) is 5.48. The second-order valence-electron chi connectivity index (χ2n) is 11.4. The Morgan fingerprint density at radius 2 is 1.88 bits per heavy atom. The minimum Gasteiger partial charge on any atom is -0.444 e. The zero-order valence-electron chi connectivity index (χ0n) is 23.2. The second-order valence-corrected chi connectivity index (χ2v) is 13.1. The zero-order valence-corrected chi connectivity index (χ0v) is 26.3. The van der Waals surface area contributed by atoms with E-state index in [2.05, 4.69) is 36.6 Å². The molecule has 0 unspecified atom stereocenters. The highest BCUT2D eigenvalue weighted by Crippen LogP contribution is 2.36. The summed E-state index contributed by atoms with van der Waals surface area (Å²) in [5.41, 5.74) is 4.63. The van der Waals surface area contributed by atoms with Crippen molar-refractivity contribution in [1.29, 1.82) is 0 Å². The summed E-state index contributed by atoms with van der Waals surface area (Å²) in [5, 5.41) is 3.97. The van der Waals surface area contributed by atoms with Gasteiger partial charge in [0.25, 0.3) is 5.91 Å². The number of amides is 2. The Kier molecular flexibility index (Phi) is 9.01. The maximum Gasteiger partial charge on any atom is 0.410 e. The number of aromatic nitrogens is 2. The van der Waals surface area contributed by atoms with Crippen molar-refractivity contribution in [2.45, 2.75) is 45.8 Å². The highest BCUT2D eigenvalue weighted by Gasteiger charge is 2.28. The Hall–Kier alpha value is -2.57. The van der Waals surface area contributed by atoms with Gasteiger partial charge in [0, 0.05) is 43.4 Å². The van der Waals surface area contributed by atoms with Crippen LogP contribution in [-0.2, 0) is 16.1 Å². The van der Waals surface area contributed by atoms with E-state index in [4.69, 9.17) is 32.8 Å². The second kappa shape index (κ2) is 12.3. The molecule has 3 aromatic rings. The van der Waals surface area contributed by atoms with Crippen LogP contribution in [0.15, 0.2) is 35.1 Å². The number of halogens is 3. The van der Waals surface area contributed by atoms with Crippen LogP contribution >= 0.6 is 39.1 Å². The Labute approximate surface area is 257 Å². The van der Waals surface area contributed by atoms with Gasteiger partial charge in [-0.05, 0) is 57.7 Å². The number of pyridine rings is 1. The molecule has 220 valence electrons. The molecule has 2 aromatic heterocycles. The van der Waals surface area contributed by atoms with E-state index in [0.29, 0.717) is 67.3 Å². The highest BCUT2D eigenvalue weighted by molar-refractivity contribution is 9.10. The average Bonchev–Trinajstić information content (AvgIpc) is 3.65. The molecule has 1 aliphatic heterocycles. The average molecular weight is 668 g/mol. The van der Waals surface area contributed by atoms with Gasteiger partial charge in [-0.3, -0.25) is 14.5 Å². The van der Waals surface area contributed by atoms with E-state index in [-0.39, 0.29) is 16.7 Å². The molecule has 2 aliphatic rings. The van der Waals surface area contributed by atoms with Gasteiger partial charge in [0.1, 0.15) is 10.6 Å². The van der Waals surface area contributed by atoms with E-state index >= 15 is 0 Å². The normalized spacial score (nSPS) is 16.2. The molecule has 1 aromatic carbocycles. The van der Waals surface area contributed by atoms with Crippen molar-refractivity contribution < 1.29 is 19.2 Å². The van der Waals surface area contributed by atoms with Crippen LogP contribution in [0.2, 0.25) is 10.0 Å². The van der Waals surface area contributed by atoms with Gasteiger partial charge in [-0.1, -0.05) is 39.1 Å². The van der Waals surface area contributed by atoms with Gasteiger partial charge in [0.2, 0.25) is 0 Å². The van der Waals surface area contributed by atoms with Gasteiger partial charge in [-0.15, -0.1) is 0 Å². The molecule has 0 spiro atoms. The standard InChI is InChI=1S/C28H33BrCl2N6O4/c1-28(2,3)41-27(39)36-10-8-35(9-11-36)14-19-13-32-25-23(31)24(33-22-7-6-18(29)12-21(22)30)20(15-37(19)25)26(38)34-40-16-17-4-5-17/h6-7,12-13,15,17,33H,4-5,8-11,14,16H2,1-3H3,(H,34,38). The van der Waals surface area contributed by atoms with Crippen LogP contribution in [0.3, 0.4) is 0 Å². The number of hydrogen-bond acceptors (Lipinski definition) is 7. The third-order valence-electron chi connectivity index (χ3n) is 6.84. The monoisotopic (exact) mass is 666 g/mol. The fraction of sp³-hybridized carbons (Fsp3) is 0.464. The first-order valence-corrected chi connectivity index (χ1v) is 15.1. The summed E-state index contributed by atoms with van der Waals surface area (Å²) in [6, 6.07) is 5.40. The number of nitrogens with one attached hydrogen (secondary N) is 2. The minimum absolute atomic E-state index is 0.278. The van der Waals surface area contributed by atoms with Crippen molar-refractivity contribution >= 4 is 68.2 Å². The molecule has 41 heavy (non-hydrogen) atoms. The summed E-state index contributed by atoms with van der Waals surface area (Å²) in [5.74, 6) is 0.0485. The van der Waals surface area contributed by atoms with E-state index < -0.39 is 11.5 Å². The molecular formula is C28H33BrCl2N6O4. The molecule has 0 atom stereocenters. The van der Waals surface area contributed by atoms with Gasteiger partial charge in [0.05, 0.1) is 40.5 Å².